The van der Waals surface area contributed by atoms with Gasteiger partial charge in [0.1, 0.15) is 4.21 Å². The summed E-state index contributed by atoms with van der Waals surface area (Å²) in [7, 11) is -3.32. The van der Waals surface area contributed by atoms with E-state index in [2.05, 4.69) is 10.0 Å². The molecule has 0 aliphatic carbocycles. The maximum absolute atomic E-state index is 11.9. The zero-order valence-corrected chi connectivity index (χ0v) is 12.7. The summed E-state index contributed by atoms with van der Waals surface area (Å²) in [6.07, 6.45) is 0. The second-order valence-corrected chi connectivity index (χ2v) is 6.80. The molecule has 100 valence electrons. The van der Waals surface area contributed by atoms with Gasteiger partial charge < -0.3 is 5.32 Å². The third-order valence-electron chi connectivity index (χ3n) is 2.08. The Hall–Kier alpha value is -0.140. The molecule has 1 heterocycles. The molecule has 0 atom stereocenters. The van der Waals surface area contributed by atoms with E-state index < -0.39 is 10.0 Å². The summed E-state index contributed by atoms with van der Waals surface area (Å²) >= 11 is 1.31. The molecule has 0 amide bonds. The van der Waals surface area contributed by atoms with Gasteiger partial charge in [-0.2, -0.15) is 0 Å². The molecule has 0 unspecified atom stereocenters. The van der Waals surface area contributed by atoms with Gasteiger partial charge in [0, 0.05) is 18.0 Å². The number of hydrogen-bond acceptors (Lipinski definition) is 4. The molecule has 1 aromatic rings. The van der Waals surface area contributed by atoms with Gasteiger partial charge in [-0.05, 0) is 32.0 Å². The number of sulfonamides is 1. The van der Waals surface area contributed by atoms with Crippen molar-refractivity contribution in [3.05, 3.63) is 16.5 Å². The van der Waals surface area contributed by atoms with Gasteiger partial charge in [0.25, 0.3) is 0 Å². The fourth-order valence-electron chi connectivity index (χ4n) is 1.40. The fourth-order valence-corrected chi connectivity index (χ4v) is 4.15. The van der Waals surface area contributed by atoms with Crippen molar-refractivity contribution in [2.75, 3.05) is 19.6 Å². The van der Waals surface area contributed by atoms with E-state index >= 15 is 0 Å². The van der Waals surface area contributed by atoms with Crippen molar-refractivity contribution in [3.63, 3.8) is 0 Å². The number of hydrogen-bond donors (Lipinski definition) is 2. The van der Waals surface area contributed by atoms with E-state index in [1.54, 1.807) is 0 Å². The lowest BCUT2D eigenvalue weighted by atomic mass is 10.4. The second-order valence-electron chi connectivity index (χ2n) is 3.58. The summed E-state index contributed by atoms with van der Waals surface area (Å²) < 4.78 is 26.8. The lowest BCUT2D eigenvalue weighted by molar-refractivity contribution is 0.579. The van der Waals surface area contributed by atoms with Crippen LogP contribution in [0.3, 0.4) is 0 Å². The second kappa shape index (κ2) is 7.33. The van der Waals surface area contributed by atoms with E-state index in [9.17, 15) is 8.42 Å². The third kappa shape index (κ3) is 4.93. The maximum atomic E-state index is 11.9. The Balaban J connectivity index is 0.00000256. The first kappa shape index (κ1) is 16.9. The van der Waals surface area contributed by atoms with Crippen LogP contribution in [-0.2, 0) is 10.0 Å². The molecule has 0 saturated carbocycles. The molecular weight excluding hydrogens is 280 g/mol. The predicted molar refractivity (Wildman–Crippen MR) is 74.8 cm³/mol. The van der Waals surface area contributed by atoms with Crippen LogP contribution >= 0.6 is 23.7 Å². The minimum absolute atomic E-state index is 0. The van der Waals surface area contributed by atoms with Crippen molar-refractivity contribution in [3.8, 4) is 0 Å². The van der Waals surface area contributed by atoms with Crippen LogP contribution in [0.1, 0.15) is 17.4 Å². The first-order valence-electron chi connectivity index (χ1n) is 5.24. The molecule has 0 spiro atoms. The van der Waals surface area contributed by atoms with Crippen LogP contribution in [0.15, 0.2) is 10.3 Å². The lowest BCUT2D eigenvalue weighted by Crippen LogP contribution is -2.31. The Morgan fingerprint density at radius 2 is 1.94 bits per heavy atom. The van der Waals surface area contributed by atoms with E-state index in [-0.39, 0.29) is 12.4 Å². The molecule has 1 aromatic heterocycles. The van der Waals surface area contributed by atoms with Gasteiger partial charge in [-0.1, -0.05) is 6.92 Å². The van der Waals surface area contributed by atoms with Crippen molar-refractivity contribution < 1.29 is 8.42 Å². The maximum Gasteiger partial charge on any atom is 0.250 e. The molecule has 2 N–H and O–H groups in total. The molecule has 0 saturated heterocycles. The first-order valence-corrected chi connectivity index (χ1v) is 7.54. The van der Waals surface area contributed by atoms with Crippen LogP contribution in [0.2, 0.25) is 0 Å². The highest BCUT2D eigenvalue weighted by Gasteiger charge is 2.18. The monoisotopic (exact) mass is 298 g/mol. The van der Waals surface area contributed by atoms with Crippen molar-refractivity contribution >= 4 is 33.8 Å². The number of rotatable bonds is 6. The highest BCUT2D eigenvalue weighted by atomic mass is 35.5. The average molecular weight is 299 g/mol. The van der Waals surface area contributed by atoms with Crippen molar-refractivity contribution in [1.29, 1.82) is 0 Å². The molecule has 0 aliphatic heterocycles. The minimum atomic E-state index is -3.32. The highest BCUT2D eigenvalue weighted by molar-refractivity contribution is 7.91. The normalized spacial score (nSPS) is 11.2. The molecule has 0 fully saturated rings. The van der Waals surface area contributed by atoms with Gasteiger partial charge in [0.2, 0.25) is 10.0 Å². The number of thiophene rings is 1. The van der Waals surface area contributed by atoms with Crippen LogP contribution in [0, 0.1) is 13.8 Å². The van der Waals surface area contributed by atoms with Crippen molar-refractivity contribution in [2.45, 2.75) is 25.0 Å². The molecule has 4 nitrogen and oxygen atoms in total. The summed E-state index contributed by atoms with van der Waals surface area (Å²) in [6, 6.07) is 1.89. The van der Waals surface area contributed by atoms with Gasteiger partial charge in [-0.15, -0.1) is 23.7 Å². The number of nitrogens with one attached hydrogen (secondary N) is 2. The fraction of sp³-hybridized carbons (Fsp3) is 0.600. The van der Waals surface area contributed by atoms with Crippen LogP contribution in [-0.4, -0.2) is 28.1 Å². The third-order valence-corrected chi connectivity index (χ3v) is 5.33. The van der Waals surface area contributed by atoms with E-state index in [0.29, 0.717) is 17.3 Å². The van der Waals surface area contributed by atoms with Gasteiger partial charge in [0.05, 0.1) is 0 Å². The molecule has 0 radical (unpaired) electrons. The summed E-state index contributed by atoms with van der Waals surface area (Å²) in [5.41, 5.74) is 0.818. The van der Waals surface area contributed by atoms with Crippen molar-refractivity contribution in [1.82, 2.24) is 10.0 Å². The van der Waals surface area contributed by atoms with Crippen molar-refractivity contribution in [2.24, 2.45) is 0 Å². The predicted octanol–water partition coefficient (Wildman–Crippen LogP) is 1.67. The number of aryl methyl sites for hydroxylation is 2. The zero-order chi connectivity index (χ0) is 12.2. The Kier molecular flexibility index (Phi) is 7.27. The van der Waals surface area contributed by atoms with E-state index in [0.717, 1.165) is 17.0 Å². The topological polar surface area (TPSA) is 58.2 Å². The Morgan fingerprint density at radius 1 is 1.29 bits per heavy atom. The largest absolute Gasteiger partial charge is 0.316 e. The first-order chi connectivity index (χ1) is 7.47. The molecule has 1 rings (SSSR count). The van der Waals surface area contributed by atoms with Crippen LogP contribution < -0.4 is 10.0 Å². The van der Waals surface area contributed by atoms with Crippen LogP contribution in [0.25, 0.3) is 0 Å². The van der Waals surface area contributed by atoms with Gasteiger partial charge in [-0.25, -0.2) is 13.1 Å². The highest BCUT2D eigenvalue weighted by Crippen LogP contribution is 2.25. The van der Waals surface area contributed by atoms with Crippen LogP contribution in [0.4, 0.5) is 0 Å². The van der Waals surface area contributed by atoms with Gasteiger partial charge in [0.15, 0.2) is 0 Å². The smallest absolute Gasteiger partial charge is 0.250 e. The molecule has 0 aromatic carbocycles. The summed E-state index contributed by atoms with van der Waals surface area (Å²) in [6.45, 7) is 7.64. The molecule has 0 bridgehead atoms. The van der Waals surface area contributed by atoms with E-state index in [4.69, 9.17) is 0 Å². The average Bonchev–Trinajstić information content (AvgIpc) is 2.53. The number of likely N-dealkylation sites (N-methyl/N-ethyl adjacent to an activating group) is 1. The molecule has 7 heteroatoms. The molecular formula is C10H19ClN2O2S2. The summed E-state index contributed by atoms with van der Waals surface area (Å²) in [5, 5.41) is 3.07. The Bertz CT molecular complexity index is 443. The zero-order valence-electron chi connectivity index (χ0n) is 10.2. The Morgan fingerprint density at radius 3 is 2.41 bits per heavy atom. The lowest BCUT2D eigenvalue weighted by Gasteiger charge is -2.05. The van der Waals surface area contributed by atoms with E-state index in [1.807, 2.05) is 26.8 Å². The summed E-state index contributed by atoms with van der Waals surface area (Å²) in [5.74, 6) is 0. The quantitative estimate of drug-likeness (QED) is 0.786. The number of halogens is 1. The SMILES string of the molecule is CCNCCNS(=O)(=O)c1sc(C)cc1C.Cl. The van der Waals surface area contributed by atoms with E-state index in [1.165, 1.54) is 11.3 Å². The molecule has 17 heavy (non-hydrogen) atoms. The Labute approximate surface area is 113 Å². The van der Waals surface area contributed by atoms with Crippen LogP contribution in [0.5, 0.6) is 0 Å². The minimum Gasteiger partial charge on any atom is -0.316 e. The van der Waals surface area contributed by atoms with Gasteiger partial charge >= 0.3 is 0 Å². The standard InChI is InChI=1S/C10H18N2O2S2.ClH/c1-4-11-5-6-12-16(13,14)10-8(2)7-9(3)15-10;/h7,11-12H,4-6H2,1-3H3;1H. The van der Waals surface area contributed by atoms with Gasteiger partial charge in [-0.3, -0.25) is 0 Å². The summed E-state index contributed by atoms with van der Waals surface area (Å²) in [4.78, 5) is 1.02. The molecule has 0 aliphatic rings.